The molecule has 3 atom stereocenters. The van der Waals surface area contributed by atoms with Gasteiger partial charge in [0, 0.05) is 152 Å². The molecule has 7 heterocycles. The highest BCUT2D eigenvalue weighted by molar-refractivity contribution is 6.09. The van der Waals surface area contributed by atoms with Crippen molar-refractivity contribution in [2.45, 2.75) is 125 Å². The maximum Gasteiger partial charge on any atom is 0.253 e. The van der Waals surface area contributed by atoms with Gasteiger partial charge >= 0.3 is 0 Å². The monoisotopic (exact) mass is 1100 g/mol. The van der Waals surface area contributed by atoms with Crippen molar-refractivity contribution in [1.82, 2.24) is 40.4 Å². The smallest absolute Gasteiger partial charge is 0.253 e. The Morgan fingerprint density at radius 2 is 1.38 bits per heavy atom. The van der Waals surface area contributed by atoms with Crippen molar-refractivity contribution in [2.75, 3.05) is 68.9 Å². The number of piperazine rings is 1. The predicted octanol–water partition coefficient (Wildman–Crippen LogP) is 9.11. The topological polar surface area (TPSA) is 182 Å². The van der Waals surface area contributed by atoms with Gasteiger partial charge in [-0.3, -0.25) is 24.1 Å². The highest BCUT2D eigenvalue weighted by Crippen LogP contribution is 2.36. The summed E-state index contributed by atoms with van der Waals surface area (Å²) in [5.41, 5.74) is 14.1. The van der Waals surface area contributed by atoms with E-state index in [1.165, 1.54) is 5.56 Å². The van der Waals surface area contributed by atoms with E-state index in [4.69, 9.17) is 14.5 Å². The molecule has 16 nitrogen and oxygen atoms in total. The minimum Gasteiger partial charge on any atom is -0.381 e. The van der Waals surface area contributed by atoms with Crippen molar-refractivity contribution in [3.63, 3.8) is 0 Å². The Kier molecular flexibility index (Phi) is 17.4. The van der Waals surface area contributed by atoms with E-state index in [0.29, 0.717) is 48.1 Å². The highest BCUT2D eigenvalue weighted by Gasteiger charge is 2.33. The van der Waals surface area contributed by atoms with Gasteiger partial charge in [-0.25, -0.2) is 4.98 Å². The second-order valence-electron chi connectivity index (χ2n) is 22.7. The first-order chi connectivity index (χ1) is 39.1. The first-order valence-corrected chi connectivity index (χ1v) is 29.0. The summed E-state index contributed by atoms with van der Waals surface area (Å²) in [5.74, 6) is 0.451. The van der Waals surface area contributed by atoms with Crippen LogP contribution in [0.25, 0.3) is 33.2 Å². The second-order valence-corrected chi connectivity index (χ2v) is 22.7. The van der Waals surface area contributed by atoms with Gasteiger partial charge in [0.25, 0.3) is 22.9 Å². The van der Waals surface area contributed by atoms with Crippen LogP contribution in [0.5, 0.6) is 0 Å². The number of carbonyl (C=O) groups excluding carboxylic acids is 2. The lowest BCUT2D eigenvalue weighted by Gasteiger charge is -2.42. The van der Waals surface area contributed by atoms with Gasteiger partial charge in [0.15, 0.2) is 0 Å². The minimum absolute atomic E-state index is 0.0176. The minimum atomic E-state index is -0.231. The molecule has 2 unspecified atom stereocenters. The summed E-state index contributed by atoms with van der Waals surface area (Å²) < 4.78 is 14.5. The van der Waals surface area contributed by atoms with Crippen LogP contribution >= 0.6 is 0 Å². The highest BCUT2D eigenvalue weighted by atomic mass is 16.5. The van der Waals surface area contributed by atoms with Gasteiger partial charge in [0.1, 0.15) is 5.82 Å². The summed E-state index contributed by atoms with van der Waals surface area (Å²) in [4.78, 5) is 72.1. The maximum atomic E-state index is 14.2. The number of hydrogen-bond donors (Lipinski definition) is 5. The molecule has 0 bridgehead atoms. The van der Waals surface area contributed by atoms with Crippen molar-refractivity contribution in [3.05, 3.63) is 167 Å². The molecule has 3 aromatic carbocycles. The number of nitrogens with zero attached hydrogens (tertiary/aromatic N) is 5. The van der Waals surface area contributed by atoms with Crippen LogP contribution in [0.3, 0.4) is 0 Å². The van der Waals surface area contributed by atoms with Crippen molar-refractivity contribution >= 4 is 34.2 Å². The molecule has 7 aromatic rings. The van der Waals surface area contributed by atoms with Gasteiger partial charge in [0.2, 0.25) is 0 Å². The number of aromatic amines is 2. The van der Waals surface area contributed by atoms with E-state index in [-0.39, 0.29) is 54.2 Å². The van der Waals surface area contributed by atoms with Crippen LogP contribution < -0.4 is 36.9 Å². The van der Waals surface area contributed by atoms with E-state index in [0.717, 1.165) is 143 Å². The first kappa shape index (κ1) is 56.9. The van der Waals surface area contributed by atoms with Crippen LogP contribution in [0.2, 0.25) is 0 Å². The van der Waals surface area contributed by atoms with E-state index in [1.807, 2.05) is 65.1 Å². The number of ether oxygens (including phenoxy) is 2. The van der Waals surface area contributed by atoms with Crippen LogP contribution in [-0.2, 0) is 29.1 Å². The molecule has 5 N–H and O–H groups in total. The molecule has 0 spiro atoms. The van der Waals surface area contributed by atoms with Gasteiger partial charge in [-0.15, -0.1) is 0 Å². The molecule has 16 heteroatoms. The molecule has 0 aliphatic carbocycles. The third-order valence-corrected chi connectivity index (χ3v) is 17.1. The number of H-pyrrole nitrogens is 2. The zero-order chi connectivity index (χ0) is 57.1. The van der Waals surface area contributed by atoms with Crippen molar-refractivity contribution in [1.29, 1.82) is 0 Å². The number of anilines is 2. The SMILES string of the molecule is CC[C@H](C)n1cc(C)c2c(C(=O)NCc3c(C)cc(C)[nH]c3=O)cc(-c3ccc(N4CCNC(C5CN(Cc6ccc(-c7cc(C(=O)NCc8c(C)cc(C)[nH]c8=O)c(C)c(N(CC)C8CCOCC8)c7)cc6)CCO5)C4)nc3)cc21. The molecule has 81 heavy (non-hydrogen) atoms. The summed E-state index contributed by atoms with van der Waals surface area (Å²) in [6.45, 7) is 26.0. The largest absolute Gasteiger partial charge is 0.381 e. The number of amides is 2. The summed E-state index contributed by atoms with van der Waals surface area (Å²) in [6.07, 6.45) is 6.82. The Hall–Kier alpha value is -7.37. The molecule has 0 saturated carbocycles. The number of carbonyl (C=O) groups is 2. The lowest BCUT2D eigenvalue weighted by atomic mass is 9.94. The molecule has 10 rings (SSSR count). The Bertz CT molecular complexity index is 3540. The number of fused-ring (bicyclic) bond motifs is 1. The lowest BCUT2D eigenvalue weighted by Crippen LogP contribution is -2.60. The summed E-state index contributed by atoms with van der Waals surface area (Å²) in [5, 5.41) is 10.8. The number of pyridine rings is 3. The fourth-order valence-electron chi connectivity index (χ4n) is 12.4. The number of nitrogens with one attached hydrogen (secondary N) is 5. The fraction of sp³-hybridized carbons (Fsp3) is 0.431. The number of hydrogen-bond acceptors (Lipinski definition) is 11. The number of benzene rings is 3. The molecule has 3 aliphatic heterocycles. The van der Waals surface area contributed by atoms with E-state index >= 15 is 0 Å². The molecule has 4 aromatic heterocycles. The van der Waals surface area contributed by atoms with Crippen LogP contribution in [-0.4, -0.2) is 114 Å². The molecule has 3 saturated heterocycles. The number of aryl methyl sites for hydroxylation is 5. The summed E-state index contributed by atoms with van der Waals surface area (Å²) in [6, 6.07) is 25.8. The zero-order valence-corrected chi connectivity index (χ0v) is 48.7. The lowest BCUT2D eigenvalue weighted by molar-refractivity contribution is -0.0492. The molecule has 3 aliphatic rings. The van der Waals surface area contributed by atoms with Gasteiger partial charge in [-0.05, 0) is 168 Å². The molecule has 426 valence electrons. The first-order valence-electron chi connectivity index (χ1n) is 29.0. The Balaban J connectivity index is 0.820. The second kappa shape index (κ2) is 24.8. The third kappa shape index (κ3) is 12.4. The van der Waals surface area contributed by atoms with E-state index in [1.54, 1.807) is 0 Å². The summed E-state index contributed by atoms with van der Waals surface area (Å²) >= 11 is 0. The van der Waals surface area contributed by atoms with Crippen LogP contribution in [0, 0.1) is 41.5 Å². The van der Waals surface area contributed by atoms with E-state index in [9.17, 15) is 19.2 Å². The average molecular weight is 1100 g/mol. The van der Waals surface area contributed by atoms with Gasteiger partial charge < -0.3 is 49.8 Å². The quantitative estimate of drug-likeness (QED) is 0.0587. The third-order valence-electron chi connectivity index (χ3n) is 17.1. The molecular weight excluding hydrogens is 1020 g/mol. The number of aromatic nitrogens is 4. The van der Waals surface area contributed by atoms with Gasteiger partial charge in [0.05, 0.1) is 18.8 Å². The average Bonchev–Trinajstić information content (AvgIpc) is 4.03. The van der Waals surface area contributed by atoms with Gasteiger partial charge in [-0.2, -0.15) is 0 Å². The van der Waals surface area contributed by atoms with E-state index in [2.05, 4.69) is 128 Å². The van der Waals surface area contributed by atoms with Crippen molar-refractivity contribution in [2.24, 2.45) is 0 Å². The Morgan fingerprint density at radius 3 is 2.01 bits per heavy atom. The normalized spacial score (nSPS) is 17.6. The number of morpholine rings is 1. The zero-order valence-electron chi connectivity index (χ0n) is 48.7. The van der Waals surface area contributed by atoms with Crippen LogP contribution in [0.1, 0.15) is 117 Å². The standard InChI is InChI=1S/C65H80N10O6/c1-10-44(8)75-35-41(5)61-53(63(77)69-34-55-40(4)27-43(7)71-65(55)79)29-50(31-58(61)75)48-16-17-60(67-32-48)73-21-20-66-56(37-73)59-38-72(22-25-81-59)36-46-12-14-47(15-13-46)49-28-52(62(76)68-33-54-39(3)26-42(6)70-64(54)78)45(9)57(30-49)74(11-2)51-18-23-80-24-19-51/h12-17,26-32,35,44,51,56,59,66H,10-11,18-25,33-34,36-38H2,1-9H3,(H,68,76)(H,69,77)(H,70,78)(H,71,79)/t44-,56?,59?/m0/s1. The molecule has 3 fully saturated rings. The van der Waals surface area contributed by atoms with E-state index < -0.39 is 0 Å². The predicted molar refractivity (Wildman–Crippen MR) is 323 cm³/mol. The molecular formula is C65H80N10O6. The van der Waals surface area contributed by atoms with Crippen LogP contribution in [0.4, 0.5) is 11.5 Å². The molecule has 0 radical (unpaired) electrons. The van der Waals surface area contributed by atoms with Gasteiger partial charge in [-0.1, -0.05) is 31.2 Å². The molecule has 2 amide bonds. The summed E-state index contributed by atoms with van der Waals surface area (Å²) in [7, 11) is 0. The Morgan fingerprint density at radius 1 is 0.741 bits per heavy atom. The number of rotatable bonds is 17. The van der Waals surface area contributed by atoms with Crippen molar-refractivity contribution in [3.8, 4) is 22.3 Å². The Labute approximate surface area is 475 Å². The van der Waals surface area contributed by atoms with Crippen LogP contribution in [0.15, 0.2) is 94.8 Å². The fourth-order valence-corrected chi connectivity index (χ4v) is 12.4. The maximum absolute atomic E-state index is 14.2. The van der Waals surface area contributed by atoms with Crippen molar-refractivity contribution < 1.29 is 19.1 Å².